The number of amides is 1. The maximum absolute atomic E-state index is 13.7. The van der Waals surface area contributed by atoms with Crippen LogP contribution in [0, 0.1) is 20.8 Å². The highest BCUT2D eigenvalue weighted by atomic mass is 32.2. The Labute approximate surface area is 200 Å². The summed E-state index contributed by atoms with van der Waals surface area (Å²) in [5, 5.41) is 8.64. The average Bonchev–Trinajstić information content (AvgIpc) is 3.46. The molecule has 1 atom stereocenters. The number of nitrogens with zero attached hydrogens (tertiary/aromatic N) is 5. The standard InChI is InChI=1S/C25H31N5O3S/c1-17-15-18(2)23(19(3)16-17)34(32,33)30-12-6-7-21(30)25(31)28-13-9-20(10-14-28)24-27-26-22-8-4-5-11-29(22)24/h4-5,8,11,15-16,20-21H,6-7,9-10,12-14H2,1-3H3. The van der Waals surface area contributed by atoms with Gasteiger partial charge in [-0.3, -0.25) is 9.20 Å². The Morgan fingerprint density at radius 1 is 0.971 bits per heavy atom. The number of pyridine rings is 1. The van der Waals surface area contributed by atoms with E-state index in [4.69, 9.17) is 0 Å². The van der Waals surface area contributed by atoms with Gasteiger partial charge < -0.3 is 4.90 Å². The van der Waals surface area contributed by atoms with E-state index in [1.54, 1.807) is 0 Å². The first-order valence-corrected chi connectivity index (χ1v) is 13.4. The summed E-state index contributed by atoms with van der Waals surface area (Å²) in [7, 11) is -3.76. The minimum atomic E-state index is -3.76. The minimum absolute atomic E-state index is 0.0759. The van der Waals surface area contributed by atoms with Crippen LogP contribution >= 0.6 is 0 Å². The Bertz CT molecular complexity index is 1320. The van der Waals surface area contributed by atoms with Crippen molar-refractivity contribution < 1.29 is 13.2 Å². The van der Waals surface area contributed by atoms with Gasteiger partial charge in [0.25, 0.3) is 0 Å². The highest BCUT2D eigenvalue weighted by molar-refractivity contribution is 7.89. The summed E-state index contributed by atoms with van der Waals surface area (Å²) in [4.78, 5) is 15.7. The van der Waals surface area contributed by atoms with Gasteiger partial charge in [-0.2, -0.15) is 4.31 Å². The number of piperidine rings is 1. The molecule has 0 bridgehead atoms. The predicted molar refractivity (Wildman–Crippen MR) is 129 cm³/mol. The molecule has 0 radical (unpaired) electrons. The van der Waals surface area contributed by atoms with Crippen molar-refractivity contribution in [1.82, 2.24) is 23.8 Å². The van der Waals surface area contributed by atoms with E-state index in [1.807, 2.05) is 66.6 Å². The molecule has 4 heterocycles. The molecule has 2 aromatic heterocycles. The molecule has 1 amide bonds. The van der Waals surface area contributed by atoms with Gasteiger partial charge in [-0.1, -0.05) is 23.8 Å². The molecule has 0 saturated carbocycles. The molecule has 5 rings (SSSR count). The Morgan fingerprint density at radius 2 is 1.68 bits per heavy atom. The molecule has 2 fully saturated rings. The number of hydrogen-bond acceptors (Lipinski definition) is 5. The first kappa shape index (κ1) is 23.0. The second-order valence-electron chi connectivity index (χ2n) is 9.59. The summed E-state index contributed by atoms with van der Waals surface area (Å²) >= 11 is 0. The third kappa shape index (κ3) is 3.90. The fourth-order valence-corrected chi connectivity index (χ4v) is 7.74. The summed E-state index contributed by atoms with van der Waals surface area (Å²) < 4.78 is 30.8. The summed E-state index contributed by atoms with van der Waals surface area (Å²) in [5.74, 6) is 1.08. The Balaban J connectivity index is 1.32. The van der Waals surface area contributed by atoms with Crippen LogP contribution in [0.5, 0.6) is 0 Å². The molecular weight excluding hydrogens is 450 g/mol. The van der Waals surface area contributed by atoms with Crippen LogP contribution in [0.1, 0.15) is 54.1 Å². The van der Waals surface area contributed by atoms with E-state index in [1.165, 1.54) is 4.31 Å². The first-order chi connectivity index (χ1) is 16.3. The lowest BCUT2D eigenvalue weighted by Crippen LogP contribution is -2.50. The topological polar surface area (TPSA) is 87.9 Å². The van der Waals surface area contributed by atoms with Gasteiger partial charge in [-0.25, -0.2) is 8.42 Å². The molecule has 2 saturated heterocycles. The van der Waals surface area contributed by atoms with Crippen LogP contribution in [-0.2, 0) is 14.8 Å². The van der Waals surface area contributed by atoms with Gasteiger partial charge in [0.15, 0.2) is 5.65 Å². The van der Waals surface area contributed by atoms with Crippen LogP contribution in [0.15, 0.2) is 41.4 Å². The molecule has 9 heteroatoms. The van der Waals surface area contributed by atoms with Crippen molar-refractivity contribution in [3.63, 3.8) is 0 Å². The van der Waals surface area contributed by atoms with Gasteiger partial charge in [-0.15, -0.1) is 10.2 Å². The fraction of sp³-hybridized carbons (Fsp3) is 0.480. The van der Waals surface area contributed by atoms with Crippen molar-refractivity contribution >= 4 is 21.6 Å². The van der Waals surface area contributed by atoms with E-state index in [9.17, 15) is 13.2 Å². The van der Waals surface area contributed by atoms with Crippen molar-refractivity contribution in [3.8, 4) is 0 Å². The molecule has 34 heavy (non-hydrogen) atoms. The number of benzene rings is 1. The largest absolute Gasteiger partial charge is 0.341 e. The fourth-order valence-electron chi connectivity index (χ4n) is 5.67. The second kappa shape index (κ2) is 8.78. The van der Waals surface area contributed by atoms with Gasteiger partial charge >= 0.3 is 0 Å². The smallest absolute Gasteiger partial charge is 0.244 e. The maximum Gasteiger partial charge on any atom is 0.244 e. The molecule has 0 N–H and O–H groups in total. The monoisotopic (exact) mass is 481 g/mol. The van der Waals surface area contributed by atoms with E-state index in [0.29, 0.717) is 37.4 Å². The number of carbonyl (C=O) groups is 1. The van der Waals surface area contributed by atoms with Gasteiger partial charge in [0.1, 0.15) is 11.9 Å². The molecule has 2 aliphatic rings. The van der Waals surface area contributed by atoms with Crippen molar-refractivity contribution in [3.05, 3.63) is 59.0 Å². The van der Waals surface area contributed by atoms with Crippen LogP contribution in [0.2, 0.25) is 0 Å². The van der Waals surface area contributed by atoms with Crippen LogP contribution in [-0.4, -0.2) is 63.8 Å². The summed E-state index contributed by atoms with van der Waals surface area (Å²) in [5.41, 5.74) is 3.32. The Hall–Kier alpha value is -2.78. The van der Waals surface area contributed by atoms with Gasteiger partial charge in [-0.05, 0) is 69.7 Å². The molecule has 180 valence electrons. The number of carbonyl (C=O) groups excluding carboxylic acids is 1. The molecule has 0 spiro atoms. The molecule has 1 unspecified atom stereocenters. The number of fused-ring (bicyclic) bond motifs is 1. The van der Waals surface area contributed by atoms with Crippen LogP contribution in [0.4, 0.5) is 0 Å². The quantitative estimate of drug-likeness (QED) is 0.571. The molecule has 2 aliphatic heterocycles. The molecular formula is C25H31N5O3S. The lowest BCUT2D eigenvalue weighted by molar-refractivity contribution is -0.135. The van der Waals surface area contributed by atoms with Crippen LogP contribution in [0.3, 0.4) is 0 Å². The summed E-state index contributed by atoms with van der Waals surface area (Å²) in [6.45, 7) is 7.20. The van der Waals surface area contributed by atoms with E-state index in [-0.39, 0.29) is 11.8 Å². The summed E-state index contributed by atoms with van der Waals surface area (Å²) in [6, 6.07) is 9.00. The number of aromatic nitrogens is 3. The van der Waals surface area contributed by atoms with E-state index in [0.717, 1.165) is 41.0 Å². The summed E-state index contributed by atoms with van der Waals surface area (Å²) in [6.07, 6.45) is 4.81. The van der Waals surface area contributed by atoms with Crippen LogP contribution in [0.25, 0.3) is 5.65 Å². The lowest BCUT2D eigenvalue weighted by Gasteiger charge is -2.35. The van der Waals surface area contributed by atoms with Gasteiger partial charge in [0, 0.05) is 31.7 Å². The van der Waals surface area contributed by atoms with E-state index < -0.39 is 16.1 Å². The SMILES string of the molecule is Cc1cc(C)c(S(=O)(=O)N2CCCC2C(=O)N2CCC(c3nnc4ccccn34)CC2)c(C)c1. The van der Waals surface area contributed by atoms with E-state index in [2.05, 4.69) is 10.2 Å². The van der Waals surface area contributed by atoms with Gasteiger partial charge in [0.2, 0.25) is 15.9 Å². The lowest BCUT2D eigenvalue weighted by atomic mass is 9.95. The third-order valence-corrected chi connectivity index (χ3v) is 9.39. The van der Waals surface area contributed by atoms with Crippen molar-refractivity contribution in [1.29, 1.82) is 0 Å². The molecule has 1 aromatic carbocycles. The second-order valence-corrected chi connectivity index (χ2v) is 11.4. The number of rotatable bonds is 4. The maximum atomic E-state index is 13.7. The zero-order valence-electron chi connectivity index (χ0n) is 19.9. The van der Waals surface area contributed by atoms with E-state index >= 15 is 0 Å². The predicted octanol–water partition coefficient (Wildman–Crippen LogP) is 3.21. The average molecular weight is 482 g/mol. The molecule has 0 aliphatic carbocycles. The number of likely N-dealkylation sites (tertiary alicyclic amines) is 1. The minimum Gasteiger partial charge on any atom is -0.341 e. The van der Waals surface area contributed by atoms with Crippen LogP contribution < -0.4 is 0 Å². The first-order valence-electron chi connectivity index (χ1n) is 12.0. The zero-order chi connectivity index (χ0) is 24.0. The zero-order valence-corrected chi connectivity index (χ0v) is 20.8. The molecule has 8 nitrogen and oxygen atoms in total. The Kier molecular flexibility index (Phi) is 5.93. The number of hydrogen-bond donors (Lipinski definition) is 0. The highest BCUT2D eigenvalue weighted by Crippen LogP contribution is 2.33. The Morgan fingerprint density at radius 3 is 2.38 bits per heavy atom. The van der Waals surface area contributed by atoms with Crippen molar-refractivity contribution in [2.24, 2.45) is 0 Å². The normalized spacial score (nSPS) is 20.3. The number of sulfonamides is 1. The third-order valence-electron chi connectivity index (χ3n) is 7.17. The highest BCUT2D eigenvalue weighted by Gasteiger charge is 2.42. The number of aryl methyl sites for hydroxylation is 3. The molecule has 3 aromatic rings. The van der Waals surface area contributed by atoms with Crippen molar-refractivity contribution in [2.75, 3.05) is 19.6 Å². The van der Waals surface area contributed by atoms with Crippen molar-refractivity contribution in [2.45, 2.75) is 63.3 Å². The van der Waals surface area contributed by atoms with Gasteiger partial charge in [0.05, 0.1) is 4.90 Å².